The summed E-state index contributed by atoms with van der Waals surface area (Å²) in [6.45, 7) is 0. The topological polar surface area (TPSA) is 113 Å². The molecule has 1 aromatic rings. The molecule has 19 heavy (non-hydrogen) atoms. The number of carbonyl (C=O) groups is 2. The van der Waals surface area contributed by atoms with Crippen molar-refractivity contribution in [3.63, 3.8) is 0 Å². The maximum atomic E-state index is 12.1. The SMILES string of the molecule is NC1(C(=O)Nc2cc(C(=O)O)ccc2O)CCCC1. The van der Waals surface area contributed by atoms with Crippen LogP contribution in [0.1, 0.15) is 36.0 Å². The van der Waals surface area contributed by atoms with Gasteiger partial charge >= 0.3 is 5.97 Å². The van der Waals surface area contributed by atoms with Crippen molar-refractivity contribution in [1.82, 2.24) is 0 Å². The van der Waals surface area contributed by atoms with Gasteiger partial charge in [-0.3, -0.25) is 4.79 Å². The third-order valence-electron chi connectivity index (χ3n) is 3.44. The largest absolute Gasteiger partial charge is 0.506 e. The molecule has 1 fully saturated rings. The normalized spacial score (nSPS) is 17.1. The highest BCUT2D eigenvalue weighted by atomic mass is 16.4. The average Bonchev–Trinajstić information content (AvgIpc) is 2.80. The Morgan fingerprint density at radius 3 is 2.47 bits per heavy atom. The highest BCUT2D eigenvalue weighted by Crippen LogP contribution is 2.30. The van der Waals surface area contributed by atoms with E-state index in [2.05, 4.69) is 5.32 Å². The van der Waals surface area contributed by atoms with Crippen molar-refractivity contribution in [2.75, 3.05) is 5.32 Å². The Morgan fingerprint density at radius 1 is 1.26 bits per heavy atom. The number of carboxylic acids is 1. The van der Waals surface area contributed by atoms with Gasteiger partial charge in [0, 0.05) is 0 Å². The van der Waals surface area contributed by atoms with Crippen molar-refractivity contribution in [3.8, 4) is 5.75 Å². The summed E-state index contributed by atoms with van der Waals surface area (Å²) in [5, 5.41) is 21.0. The van der Waals surface area contributed by atoms with Gasteiger partial charge in [-0.25, -0.2) is 4.79 Å². The molecule has 1 aromatic carbocycles. The first kappa shape index (κ1) is 13.4. The predicted molar refractivity (Wildman–Crippen MR) is 69.1 cm³/mol. The number of nitrogens with two attached hydrogens (primary N) is 1. The van der Waals surface area contributed by atoms with Crippen molar-refractivity contribution in [3.05, 3.63) is 23.8 Å². The van der Waals surface area contributed by atoms with Gasteiger partial charge in [-0.15, -0.1) is 0 Å². The van der Waals surface area contributed by atoms with Crippen LogP contribution < -0.4 is 11.1 Å². The molecule has 0 atom stereocenters. The number of amides is 1. The Kier molecular flexibility index (Phi) is 3.44. The summed E-state index contributed by atoms with van der Waals surface area (Å²) >= 11 is 0. The van der Waals surface area contributed by atoms with E-state index in [0.29, 0.717) is 12.8 Å². The number of rotatable bonds is 3. The average molecular weight is 264 g/mol. The lowest BCUT2D eigenvalue weighted by Crippen LogP contribution is -2.48. The van der Waals surface area contributed by atoms with Gasteiger partial charge in [0.1, 0.15) is 5.75 Å². The summed E-state index contributed by atoms with van der Waals surface area (Å²) in [5.41, 5.74) is 5.13. The zero-order valence-corrected chi connectivity index (χ0v) is 10.3. The lowest BCUT2D eigenvalue weighted by Gasteiger charge is -2.22. The number of hydrogen-bond donors (Lipinski definition) is 4. The minimum Gasteiger partial charge on any atom is -0.506 e. The molecule has 0 spiro atoms. The molecule has 0 heterocycles. The smallest absolute Gasteiger partial charge is 0.335 e. The van der Waals surface area contributed by atoms with Crippen LogP contribution >= 0.6 is 0 Å². The fourth-order valence-electron chi connectivity index (χ4n) is 2.25. The summed E-state index contributed by atoms with van der Waals surface area (Å²) in [6, 6.07) is 3.71. The van der Waals surface area contributed by atoms with Gasteiger partial charge in [-0.2, -0.15) is 0 Å². The van der Waals surface area contributed by atoms with E-state index >= 15 is 0 Å². The van der Waals surface area contributed by atoms with Crippen LogP contribution in [0.5, 0.6) is 5.75 Å². The first-order valence-corrected chi connectivity index (χ1v) is 6.09. The summed E-state index contributed by atoms with van der Waals surface area (Å²) in [7, 11) is 0. The van der Waals surface area contributed by atoms with Gasteiger partial charge in [-0.05, 0) is 31.0 Å². The fourth-order valence-corrected chi connectivity index (χ4v) is 2.25. The number of aromatic carboxylic acids is 1. The van der Waals surface area contributed by atoms with Crippen LogP contribution in [0.2, 0.25) is 0 Å². The third-order valence-corrected chi connectivity index (χ3v) is 3.44. The van der Waals surface area contributed by atoms with Crippen LogP contribution in [0, 0.1) is 0 Å². The van der Waals surface area contributed by atoms with Crippen molar-refractivity contribution < 1.29 is 19.8 Å². The molecule has 0 aromatic heterocycles. The molecule has 1 amide bonds. The molecule has 2 rings (SSSR count). The number of phenolic OH excluding ortho intramolecular Hbond substituents is 1. The van der Waals surface area contributed by atoms with Crippen LogP contribution in [0.15, 0.2) is 18.2 Å². The lowest BCUT2D eigenvalue weighted by molar-refractivity contribution is -0.121. The predicted octanol–water partition coefficient (Wildman–Crippen LogP) is 1.30. The molecule has 0 aliphatic heterocycles. The second-order valence-corrected chi connectivity index (χ2v) is 4.85. The molecule has 0 radical (unpaired) electrons. The van der Waals surface area contributed by atoms with Gasteiger partial charge in [-0.1, -0.05) is 12.8 Å². The third kappa shape index (κ3) is 2.68. The number of carboxylic acid groups (broad SMARTS) is 1. The van der Waals surface area contributed by atoms with E-state index in [9.17, 15) is 14.7 Å². The standard InChI is InChI=1S/C13H16N2O4/c14-13(5-1-2-6-13)12(19)15-9-7-8(11(17)18)3-4-10(9)16/h3-4,7,16H,1-2,5-6,14H2,(H,15,19)(H,17,18). The first-order valence-electron chi connectivity index (χ1n) is 6.09. The highest BCUT2D eigenvalue weighted by Gasteiger charge is 2.37. The van der Waals surface area contributed by atoms with E-state index in [-0.39, 0.29) is 22.9 Å². The summed E-state index contributed by atoms with van der Waals surface area (Å²) in [6.07, 6.45) is 2.98. The van der Waals surface area contributed by atoms with E-state index in [4.69, 9.17) is 10.8 Å². The monoisotopic (exact) mass is 264 g/mol. The molecule has 1 aliphatic rings. The molecule has 0 unspecified atom stereocenters. The molecule has 1 aliphatic carbocycles. The molecule has 0 saturated heterocycles. The molecular formula is C13H16N2O4. The maximum absolute atomic E-state index is 12.1. The second kappa shape index (κ2) is 4.89. The van der Waals surface area contributed by atoms with Gasteiger partial charge in [0.15, 0.2) is 0 Å². The van der Waals surface area contributed by atoms with E-state index < -0.39 is 11.5 Å². The number of carbonyl (C=O) groups excluding carboxylic acids is 1. The van der Waals surface area contributed by atoms with E-state index in [0.717, 1.165) is 12.8 Å². The second-order valence-electron chi connectivity index (χ2n) is 4.85. The van der Waals surface area contributed by atoms with Crippen molar-refractivity contribution in [2.45, 2.75) is 31.2 Å². The summed E-state index contributed by atoms with van der Waals surface area (Å²) in [4.78, 5) is 22.9. The van der Waals surface area contributed by atoms with Crippen LogP contribution in [0.25, 0.3) is 0 Å². The zero-order valence-electron chi connectivity index (χ0n) is 10.3. The van der Waals surface area contributed by atoms with Crippen LogP contribution in [0.4, 0.5) is 5.69 Å². The summed E-state index contributed by atoms with van der Waals surface area (Å²) in [5.74, 6) is -1.69. The Bertz CT molecular complexity index is 521. The van der Waals surface area contributed by atoms with Crippen LogP contribution in [-0.2, 0) is 4.79 Å². The molecule has 0 bridgehead atoms. The molecule has 1 saturated carbocycles. The van der Waals surface area contributed by atoms with Gasteiger partial charge in [0.2, 0.25) is 5.91 Å². The molecule has 5 N–H and O–H groups in total. The Morgan fingerprint density at radius 2 is 1.89 bits per heavy atom. The fraction of sp³-hybridized carbons (Fsp3) is 0.385. The molecular weight excluding hydrogens is 248 g/mol. The first-order chi connectivity index (χ1) is 8.92. The molecule has 6 nitrogen and oxygen atoms in total. The maximum Gasteiger partial charge on any atom is 0.335 e. The van der Waals surface area contributed by atoms with Gasteiger partial charge < -0.3 is 21.3 Å². The number of nitrogens with one attached hydrogen (secondary N) is 1. The van der Waals surface area contributed by atoms with Gasteiger partial charge in [0.25, 0.3) is 0 Å². The Labute approximate surface area is 110 Å². The van der Waals surface area contributed by atoms with Crippen molar-refractivity contribution >= 4 is 17.6 Å². The Balaban J connectivity index is 2.20. The number of hydrogen-bond acceptors (Lipinski definition) is 4. The Hall–Kier alpha value is -2.08. The van der Waals surface area contributed by atoms with Crippen molar-refractivity contribution in [1.29, 1.82) is 0 Å². The molecule has 102 valence electrons. The number of phenols is 1. The highest BCUT2D eigenvalue weighted by molar-refractivity contribution is 6.00. The van der Waals surface area contributed by atoms with Crippen molar-refractivity contribution in [2.24, 2.45) is 5.73 Å². The van der Waals surface area contributed by atoms with E-state index in [1.807, 2.05) is 0 Å². The summed E-state index contributed by atoms with van der Waals surface area (Å²) < 4.78 is 0. The minimum atomic E-state index is -1.13. The number of aromatic hydroxyl groups is 1. The lowest BCUT2D eigenvalue weighted by atomic mass is 9.98. The van der Waals surface area contributed by atoms with Gasteiger partial charge in [0.05, 0.1) is 16.8 Å². The minimum absolute atomic E-state index is 0.00871. The number of anilines is 1. The van der Waals surface area contributed by atoms with E-state index in [1.54, 1.807) is 0 Å². The molecule has 6 heteroatoms. The van der Waals surface area contributed by atoms with E-state index in [1.165, 1.54) is 18.2 Å². The van der Waals surface area contributed by atoms with Crippen LogP contribution in [0.3, 0.4) is 0 Å². The quantitative estimate of drug-likeness (QED) is 0.615. The van der Waals surface area contributed by atoms with Crippen LogP contribution in [-0.4, -0.2) is 27.6 Å². The number of benzene rings is 1. The zero-order chi connectivity index (χ0) is 14.0.